The fraction of sp³-hybridized carbons (Fsp3) is 0.396. The first-order valence-electron chi connectivity index (χ1n) is 49.2. The van der Waals surface area contributed by atoms with E-state index in [1.54, 1.807) is 12.1 Å². The van der Waals surface area contributed by atoms with Gasteiger partial charge in [0, 0.05) is 187 Å². The van der Waals surface area contributed by atoms with E-state index in [4.69, 9.17) is 26.8 Å². The highest BCUT2D eigenvalue weighted by atomic mass is 32.1. The molecule has 20 rings (SSSR count). The van der Waals surface area contributed by atoms with E-state index in [9.17, 15) is 46.7 Å². The molecule has 15 aromatic rings. The zero-order valence-corrected chi connectivity index (χ0v) is 80.7. The van der Waals surface area contributed by atoms with Gasteiger partial charge in [-0.1, -0.05) is 108 Å². The van der Waals surface area contributed by atoms with Crippen molar-refractivity contribution < 1.29 is 49.6 Å². The van der Waals surface area contributed by atoms with E-state index in [0.29, 0.717) is 67.9 Å². The average molecular weight is 1880 g/mol. The summed E-state index contributed by atoms with van der Waals surface area (Å²) in [5.74, 6) is -1.31. The Kier molecular flexibility index (Phi) is 31.1. The first-order chi connectivity index (χ1) is 66.5. The van der Waals surface area contributed by atoms with Gasteiger partial charge in [-0.3, -0.25) is 9.59 Å². The van der Waals surface area contributed by atoms with Crippen LogP contribution in [-0.4, -0.2) is 105 Å². The predicted octanol–water partition coefficient (Wildman–Crippen LogP) is 24.5. The van der Waals surface area contributed by atoms with Crippen LogP contribution >= 0.6 is 11.3 Å². The number of ether oxygens (including phenoxy) is 1. The fourth-order valence-electron chi connectivity index (χ4n) is 19.9. The Morgan fingerprint density at radius 2 is 0.956 bits per heavy atom. The molecule has 716 valence electrons. The molecular formula is C111H122F3N9O13S. The first kappa shape index (κ1) is 97.0. The number of hydrogen-bond donors (Lipinski definition) is 1. The minimum absolute atomic E-state index is 0.0181. The molecular weight excluding hydrogens is 1760 g/mol. The van der Waals surface area contributed by atoms with Crippen molar-refractivity contribution in [3.05, 3.63) is 260 Å². The van der Waals surface area contributed by atoms with E-state index >= 15 is 0 Å². The number of halogens is 3. The van der Waals surface area contributed by atoms with Crippen LogP contribution in [0, 0.1) is 12.8 Å². The van der Waals surface area contributed by atoms with Crippen molar-refractivity contribution in [2.75, 3.05) is 108 Å². The van der Waals surface area contributed by atoms with Crippen molar-refractivity contribution in [1.82, 2.24) is 15.0 Å². The summed E-state index contributed by atoms with van der Waals surface area (Å²) in [6.45, 7) is 30.1. The molecule has 1 atom stereocenters. The lowest BCUT2D eigenvalue weighted by molar-refractivity contribution is -0.138. The smallest absolute Gasteiger partial charge is 0.417 e. The first-order valence-corrected chi connectivity index (χ1v) is 50.0. The van der Waals surface area contributed by atoms with Crippen LogP contribution in [-0.2, 0) is 43.1 Å². The number of fused-ring (bicyclic) bond motifs is 10. The summed E-state index contributed by atoms with van der Waals surface area (Å²) in [6.07, 6.45) is 19.0. The van der Waals surface area contributed by atoms with Gasteiger partial charge in [0.15, 0.2) is 5.78 Å². The second kappa shape index (κ2) is 43.9. The highest BCUT2D eigenvalue weighted by molar-refractivity contribution is 7.21. The molecule has 1 N–H and O–H groups in total. The number of rotatable bonds is 28. The minimum atomic E-state index is -4.56. The molecule has 137 heavy (non-hydrogen) atoms. The number of nitrogens with zero attached hydrogens (tertiary/aromatic N) is 8. The van der Waals surface area contributed by atoms with Crippen molar-refractivity contribution in [2.24, 2.45) is 5.92 Å². The van der Waals surface area contributed by atoms with Crippen LogP contribution in [0.25, 0.3) is 98.1 Å². The van der Waals surface area contributed by atoms with Gasteiger partial charge >= 0.3 is 40.3 Å². The molecule has 0 saturated carbocycles. The van der Waals surface area contributed by atoms with Crippen LogP contribution in [0.1, 0.15) is 207 Å². The van der Waals surface area contributed by atoms with Gasteiger partial charge in [0.25, 0.3) is 0 Å². The number of H-pyrrole nitrogens is 1. The molecule has 8 aromatic carbocycles. The number of aromatic nitrogens is 3. The second-order valence-electron chi connectivity index (χ2n) is 36.1. The number of aromatic amines is 1. The van der Waals surface area contributed by atoms with Crippen molar-refractivity contribution in [1.29, 1.82) is 0 Å². The van der Waals surface area contributed by atoms with Crippen LogP contribution in [0.2, 0.25) is 0 Å². The molecule has 0 fully saturated rings. The molecule has 12 heterocycles. The maximum absolute atomic E-state index is 13.3. The Morgan fingerprint density at radius 1 is 0.460 bits per heavy atom. The normalized spacial score (nSPS) is 14.2. The Balaban J connectivity index is 0.000000126. The average Bonchev–Trinajstić information content (AvgIpc) is 1.52. The monoisotopic (exact) mass is 1880 g/mol. The number of Topliss-reactive ketones (excluding diaryl/α,β-unsaturated/α-hetero) is 1. The van der Waals surface area contributed by atoms with E-state index in [1.165, 1.54) is 118 Å². The van der Waals surface area contributed by atoms with Crippen molar-refractivity contribution in [3.8, 4) is 27.7 Å². The van der Waals surface area contributed by atoms with Gasteiger partial charge in [-0.15, -0.1) is 11.3 Å². The SMILES string of the molecule is CCCCCCCCN(CCCCCCCC)c1ccc2cc(-c3nc4ccccc4s3)c(=O)oc2c1.CCN(CC)c1ccc2c(c1)OC(=O)C(C(=O)c1cc3ccc(N(CC)CC)cc3oc1=O)C2.CCN(CC)c1ccc2cc(-c3nc4ccccc4[nH]3)c(=O)oc2c1.Cc1cc2cc3c4c(c2oc1=O)CCCN4CCC3.O=c1cc(C(F)(F)F)c2cc3c4c(c2o1)CCCN4CCC3. The van der Waals surface area contributed by atoms with E-state index in [1.807, 2.05) is 116 Å². The number of benzene rings is 8. The van der Waals surface area contributed by atoms with Crippen molar-refractivity contribution >= 4 is 133 Å². The molecule has 1 unspecified atom stereocenters. The lowest BCUT2D eigenvalue weighted by Crippen LogP contribution is -2.36. The number of unbranched alkanes of at least 4 members (excludes halogenated alkanes) is 10. The molecule has 0 amide bonds. The molecule has 5 aliphatic heterocycles. The third-order valence-electron chi connectivity index (χ3n) is 27.1. The summed E-state index contributed by atoms with van der Waals surface area (Å²) < 4.78 is 74.1. The van der Waals surface area contributed by atoms with Gasteiger partial charge in [-0.25, -0.2) is 33.9 Å². The third kappa shape index (κ3) is 21.8. The van der Waals surface area contributed by atoms with Crippen LogP contribution in [0.3, 0.4) is 0 Å². The molecule has 0 aliphatic carbocycles. The Bertz CT molecular complexity index is 7130. The largest absolute Gasteiger partial charge is 0.426 e. The summed E-state index contributed by atoms with van der Waals surface area (Å²) in [5, 5.41) is 4.28. The maximum Gasteiger partial charge on any atom is 0.417 e. The molecule has 0 radical (unpaired) electrons. The lowest BCUT2D eigenvalue weighted by Gasteiger charge is -2.37. The number of hydrogen-bond acceptors (Lipinski definition) is 22. The highest BCUT2D eigenvalue weighted by Crippen LogP contribution is 2.45. The molecule has 0 spiro atoms. The quantitative estimate of drug-likeness (QED) is 0.0119. The molecule has 7 aromatic heterocycles. The number of imidazole rings is 1. The fourth-order valence-corrected chi connectivity index (χ4v) is 20.8. The number of carbonyl (C=O) groups excluding carboxylic acids is 2. The van der Waals surface area contributed by atoms with Gasteiger partial charge in [-0.05, 0) is 239 Å². The van der Waals surface area contributed by atoms with Gasteiger partial charge in [0.2, 0.25) is 0 Å². The minimum Gasteiger partial charge on any atom is -0.426 e. The molecule has 5 aliphatic rings. The highest BCUT2D eigenvalue weighted by Gasteiger charge is 2.39. The summed E-state index contributed by atoms with van der Waals surface area (Å²) in [6, 6.07) is 50.9. The summed E-state index contributed by atoms with van der Waals surface area (Å²) in [5.41, 5.74) is 14.9. The van der Waals surface area contributed by atoms with Crippen LogP contribution in [0.15, 0.2) is 210 Å². The van der Waals surface area contributed by atoms with Crippen LogP contribution < -0.4 is 62.3 Å². The van der Waals surface area contributed by atoms with Crippen LogP contribution in [0.4, 0.5) is 47.3 Å². The van der Waals surface area contributed by atoms with Gasteiger partial charge in [0.05, 0.1) is 32.4 Å². The number of aryl methyl sites for hydroxylation is 5. The molecule has 26 heteroatoms. The Morgan fingerprint density at radius 3 is 1.53 bits per heavy atom. The standard InChI is InChI=1S/C32H42N2O2S.C27H30N2O5.C20H19N3O2.C16H14F3NO2.C16H17NO2/c1-3-5-7-9-11-15-21-34(22-16-12-10-8-6-4-2)26-20-19-25-23-27(32(35)36-29(25)24-26)31-33-28-17-13-14-18-30(28)37-31;1-5-28(6-2)19-11-9-17-13-21(26(31)33-23(17)15-19)25(30)22-14-18-10-12-20(29(7-3)8-4)16-24(18)34-27(22)32;1-3-23(4-2)14-10-9-13-11-15(20(24)25-18(13)12-14)19-21-16-7-5-6-8-17(16)22-19;17-16(18,19)12-8-13(21)22-15-10-4-2-6-20-5-1-3-9(14(10)20)7-11(12)15;1-10-8-12-9-11-4-2-6-17-7-3-5-13(14(11)17)15(12)19-16(10)18/h13-14,17-20,23-24H,3-12,15-16,21-22H2,1-2H3;9-13,15-16,22H,5-8,14H2,1-4H3;5-12H,3-4H2,1-2H3,(H,21,22);7-8H,1-6H2;8-9H,2-7H2,1H3. The number of ketones is 1. The third-order valence-corrected chi connectivity index (χ3v) is 28.2. The van der Waals surface area contributed by atoms with E-state index < -0.39 is 40.7 Å². The van der Waals surface area contributed by atoms with E-state index in [0.717, 1.165) is 205 Å². The Hall–Kier alpha value is -13.1. The van der Waals surface area contributed by atoms with Crippen LogP contribution in [0.5, 0.6) is 5.75 Å². The topological polar surface area (TPSA) is 255 Å². The van der Waals surface area contributed by atoms with Gasteiger partial charge in [0.1, 0.15) is 61.5 Å². The molecule has 0 saturated heterocycles. The zero-order chi connectivity index (χ0) is 96.1. The zero-order valence-electron chi connectivity index (χ0n) is 79.9. The summed E-state index contributed by atoms with van der Waals surface area (Å²) >= 11 is 1.53. The summed E-state index contributed by atoms with van der Waals surface area (Å²) in [7, 11) is 0. The number of anilines is 6. The predicted molar refractivity (Wildman–Crippen MR) is 547 cm³/mol. The van der Waals surface area contributed by atoms with Crippen molar-refractivity contribution in [2.45, 2.75) is 203 Å². The molecule has 0 bridgehead atoms. The van der Waals surface area contributed by atoms with E-state index in [2.05, 4.69) is 130 Å². The van der Waals surface area contributed by atoms with E-state index in [-0.39, 0.29) is 39.8 Å². The number of alkyl halides is 3. The van der Waals surface area contributed by atoms with Gasteiger partial charge < -0.3 is 61.2 Å². The Labute approximate surface area is 798 Å². The molecule has 22 nitrogen and oxygen atoms in total. The number of para-hydroxylation sites is 3. The summed E-state index contributed by atoms with van der Waals surface area (Å²) in [4.78, 5) is 114. The van der Waals surface area contributed by atoms with Crippen molar-refractivity contribution in [3.63, 3.8) is 0 Å². The number of carbonyl (C=O) groups is 2. The maximum atomic E-state index is 13.3. The van der Waals surface area contributed by atoms with Gasteiger partial charge in [-0.2, -0.15) is 13.2 Å². The number of nitrogens with one attached hydrogen (secondary N) is 1. The second-order valence-corrected chi connectivity index (χ2v) is 37.1. The number of esters is 1. The number of thiazole rings is 1. The lowest BCUT2D eigenvalue weighted by atomic mass is 9.89.